The molecule has 4 amide bonds. The van der Waals surface area contributed by atoms with Crippen molar-refractivity contribution in [3.8, 4) is 0 Å². The molecule has 1 aromatic heterocycles. The van der Waals surface area contributed by atoms with Gasteiger partial charge in [0, 0.05) is 58.3 Å². The molecule has 1 aliphatic heterocycles. The van der Waals surface area contributed by atoms with Gasteiger partial charge in [-0.15, -0.1) is 0 Å². The molecule has 1 aromatic carbocycles. The Morgan fingerprint density at radius 2 is 1.55 bits per heavy atom. The van der Waals surface area contributed by atoms with E-state index in [1.54, 1.807) is 23.9 Å². The molecule has 1 unspecified atom stereocenters. The monoisotopic (exact) mass is 607 g/mol. The minimum atomic E-state index is -0.622. The van der Waals surface area contributed by atoms with Crippen LogP contribution in [-0.2, 0) is 33.9 Å². The van der Waals surface area contributed by atoms with Gasteiger partial charge in [-0.1, -0.05) is 56.9 Å². The Labute approximate surface area is 261 Å². The summed E-state index contributed by atoms with van der Waals surface area (Å²) >= 11 is 0. The maximum atomic E-state index is 13.5. The van der Waals surface area contributed by atoms with Crippen molar-refractivity contribution < 1.29 is 19.2 Å². The molecule has 3 N–H and O–H groups in total. The smallest absolute Gasteiger partial charge is 0.270 e. The third kappa shape index (κ3) is 9.14. The fourth-order valence-corrected chi connectivity index (χ4v) is 6.11. The molecule has 11 heteroatoms. The van der Waals surface area contributed by atoms with Crippen LogP contribution in [0, 0.1) is 5.92 Å². The lowest BCUT2D eigenvalue weighted by atomic mass is 9.91. The predicted octanol–water partition coefficient (Wildman–Crippen LogP) is 2.50. The minimum absolute atomic E-state index is 0.0511. The van der Waals surface area contributed by atoms with Gasteiger partial charge in [-0.05, 0) is 49.9 Å². The van der Waals surface area contributed by atoms with Crippen molar-refractivity contribution in [1.82, 2.24) is 35.5 Å². The topological polar surface area (TPSA) is 129 Å². The first-order valence-corrected chi connectivity index (χ1v) is 16.2. The summed E-state index contributed by atoms with van der Waals surface area (Å²) in [6.07, 6.45) is 8.53. The lowest BCUT2D eigenvalue weighted by molar-refractivity contribution is -0.137. The maximum Gasteiger partial charge on any atom is 0.270 e. The third-order valence-corrected chi connectivity index (χ3v) is 8.89. The van der Waals surface area contributed by atoms with Gasteiger partial charge >= 0.3 is 0 Å². The van der Waals surface area contributed by atoms with Crippen LogP contribution in [0.1, 0.15) is 80.4 Å². The van der Waals surface area contributed by atoms with Crippen molar-refractivity contribution in [2.75, 3.05) is 33.2 Å². The zero-order valence-electron chi connectivity index (χ0n) is 26.5. The minimum Gasteiger partial charge on any atom is -0.350 e. The standard InChI is InChI=1S/C33H49N7O4/c1-4-29(41)36-27(33(44)39-20-18-38(3)19-21-39)22-24-12-14-25(15-13-24)23-34-32(43)30(26-10-8-6-7-9-11-26)37-31(42)28-16-17-35-40(28)5-2/h12-17,26-27,30H,4-11,18-23H2,1-3H3,(H,34,43)(H,36,41)(H,37,42)/t27-,30?/m1/s1. The molecule has 1 saturated heterocycles. The van der Waals surface area contributed by atoms with Crippen molar-refractivity contribution in [2.24, 2.45) is 5.92 Å². The number of aromatic nitrogens is 2. The van der Waals surface area contributed by atoms with E-state index in [1.165, 1.54) is 0 Å². The number of benzene rings is 1. The number of likely N-dealkylation sites (N-methyl/N-ethyl adjacent to an activating group) is 1. The fourth-order valence-electron chi connectivity index (χ4n) is 6.11. The van der Waals surface area contributed by atoms with Crippen LogP contribution in [-0.4, -0.2) is 88.5 Å². The van der Waals surface area contributed by atoms with Gasteiger partial charge in [-0.3, -0.25) is 23.9 Å². The Morgan fingerprint density at radius 3 is 2.18 bits per heavy atom. The Morgan fingerprint density at radius 1 is 0.886 bits per heavy atom. The number of carbonyl (C=O) groups excluding carboxylic acids is 4. The molecule has 1 saturated carbocycles. The van der Waals surface area contributed by atoms with Crippen LogP contribution < -0.4 is 16.0 Å². The van der Waals surface area contributed by atoms with Gasteiger partial charge in [0.15, 0.2) is 0 Å². The summed E-state index contributed by atoms with van der Waals surface area (Å²) in [5.41, 5.74) is 2.30. The predicted molar refractivity (Wildman–Crippen MR) is 169 cm³/mol. The van der Waals surface area contributed by atoms with Crippen LogP contribution in [0.25, 0.3) is 0 Å². The summed E-state index contributed by atoms with van der Waals surface area (Å²) in [6, 6.07) is 8.20. The van der Waals surface area contributed by atoms with E-state index in [0.29, 0.717) is 44.7 Å². The van der Waals surface area contributed by atoms with E-state index >= 15 is 0 Å². The molecule has 11 nitrogen and oxygen atoms in total. The molecule has 0 radical (unpaired) electrons. The van der Waals surface area contributed by atoms with E-state index < -0.39 is 12.1 Å². The van der Waals surface area contributed by atoms with Gasteiger partial charge in [0.2, 0.25) is 17.7 Å². The number of aryl methyl sites for hydroxylation is 1. The van der Waals surface area contributed by atoms with Crippen LogP contribution in [0.5, 0.6) is 0 Å². The zero-order valence-corrected chi connectivity index (χ0v) is 26.5. The molecule has 2 atom stereocenters. The molecule has 240 valence electrons. The normalized spacial score (nSPS) is 17.8. The molecule has 2 aliphatic rings. The van der Waals surface area contributed by atoms with Crippen molar-refractivity contribution in [3.05, 3.63) is 53.3 Å². The number of piperazine rings is 1. The van der Waals surface area contributed by atoms with Crippen molar-refractivity contribution in [2.45, 2.75) is 90.4 Å². The summed E-state index contributed by atoms with van der Waals surface area (Å²) in [6.45, 7) is 7.53. The molecular formula is C33H49N7O4. The average molecular weight is 608 g/mol. The largest absolute Gasteiger partial charge is 0.350 e. The molecule has 2 fully saturated rings. The first-order chi connectivity index (χ1) is 21.3. The van der Waals surface area contributed by atoms with Gasteiger partial charge in [0.25, 0.3) is 5.91 Å². The summed E-state index contributed by atoms with van der Waals surface area (Å²) in [4.78, 5) is 56.3. The van der Waals surface area contributed by atoms with Crippen LogP contribution in [0.4, 0.5) is 0 Å². The van der Waals surface area contributed by atoms with Gasteiger partial charge in [0.1, 0.15) is 17.8 Å². The molecule has 0 bridgehead atoms. The molecule has 2 heterocycles. The fraction of sp³-hybridized carbons (Fsp3) is 0.606. The SMILES string of the molecule is CCC(=O)N[C@H](Cc1ccc(CNC(=O)C(NC(=O)c2ccnn2CC)C2CCCCCC2)cc1)C(=O)N1CCN(C)CC1. The number of hydrogen-bond donors (Lipinski definition) is 3. The van der Waals surface area contributed by atoms with Gasteiger partial charge in [-0.25, -0.2) is 0 Å². The number of rotatable bonds is 12. The van der Waals surface area contributed by atoms with Gasteiger partial charge in [0.05, 0.1) is 0 Å². The van der Waals surface area contributed by atoms with E-state index in [-0.39, 0.29) is 29.5 Å². The Kier molecular flexibility index (Phi) is 12.3. The lowest BCUT2D eigenvalue weighted by Gasteiger charge is -2.34. The van der Waals surface area contributed by atoms with E-state index in [1.807, 2.05) is 43.1 Å². The summed E-state index contributed by atoms with van der Waals surface area (Å²) in [5.74, 6) is -0.586. The highest BCUT2D eigenvalue weighted by Gasteiger charge is 2.31. The number of amides is 4. The summed E-state index contributed by atoms with van der Waals surface area (Å²) in [7, 11) is 2.04. The van der Waals surface area contributed by atoms with Gasteiger partial charge < -0.3 is 25.8 Å². The number of nitrogens with one attached hydrogen (secondary N) is 3. The summed E-state index contributed by atoms with van der Waals surface area (Å²) in [5, 5.41) is 13.2. The molecule has 2 aromatic rings. The van der Waals surface area contributed by atoms with Crippen LogP contribution >= 0.6 is 0 Å². The first kappa shape index (κ1) is 33.2. The second kappa shape index (κ2) is 16.4. The van der Waals surface area contributed by atoms with Gasteiger partial charge in [-0.2, -0.15) is 5.10 Å². The van der Waals surface area contributed by atoms with E-state index in [9.17, 15) is 19.2 Å². The van der Waals surface area contributed by atoms with Crippen LogP contribution in [0.3, 0.4) is 0 Å². The highest BCUT2D eigenvalue weighted by atomic mass is 16.2. The van der Waals surface area contributed by atoms with Crippen LogP contribution in [0.2, 0.25) is 0 Å². The molecule has 4 rings (SSSR count). The molecular weight excluding hydrogens is 558 g/mol. The quantitative estimate of drug-likeness (QED) is 0.318. The Hall–Kier alpha value is -3.73. The average Bonchev–Trinajstić information content (AvgIpc) is 3.37. The Bertz CT molecular complexity index is 1250. The second-order valence-corrected chi connectivity index (χ2v) is 12.1. The Balaban J connectivity index is 1.39. The lowest BCUT2D eigenvalue weighted by Crippen LogP contribution is -2.54. The zero-order chi connectivity index (χ0) is 31.5. The molecule has 44 heavy (non-hydrogen) atoms. The van der Waals surface area contributed by atoms with Crippen molar-refractivity contribution in [1.29, 1.82) is 0 Å². The summed E-state index contributed by atoms with van der Waals surface area (Å²) < 4.78 is 1.63. The number of hydrogen-bond acceptors (Lipinski definition) is 6. The molecule has 0 spiro atoms. The number of nitrogens with zero attached hydrogens (tertiary/aromatic N) is 4. The van der Waals surface area contributed by atoms with E-state index in [4.69, 9.17) is 0 Å². The first-order valence-electron chi connectivity index (χ1n) is 16.2. The van der Waals surface area contributed by atoms with Crippen molar-refractivity contribution in [3.63, 3.8) is 0 Å². The van der Waals surface area contributed by atoms with E-state index in [2.05, 4.69) is 25.9 Å². The highest BCUT2D eigenvalue weighted by Crippen LogP contribution is 2.26. The number of carbonyl (C=O) groups is 4. The van der Waals surface area contributed by atoms with E-state index in [0.717, 1.165) is 62.7 Å². The maximum absolute atomic E-state index is 13.5. The van der Waals surface area contributed by atoms with Crippen molar-refractivity contribution >= 4 is 23.6 Å². The highest BCUT2D eigenvalue weighted by molar-refractivity contribution is 5.96. The molecule has 1 aliphatic carbocycles. The third-order valence-electron chi connectivity index (χ3n) is 8.89. The second-order valence-electron chi connectivity index (χ2n) is 12.1. The van der Waals surface area contributed by atoms with Crippen LogP contribution in [0.15, 0.2) is 36.5 Å².